The lowest BCUT2D eigenvalue weighted by molar-refractivity contribution is 0.364. The number of hydrogen-bond donors (Lipinski definition) is 0. The van der Waals surface area contributed by atoms with E-state index in [0.717, 1.165) is 12.8 Å². The molecular weight excluding hydrogens is 190 g/mol. The van der Waals surface area contributed by atoms with E-state index in [1.807, 2.05) is 14.1 Å². The summed E-state index contributed by atoms with van der Waals surface area (Å²) >= 11 is 5.30. The van der Waals surface area contributed by atoms with Gasteiger partial charge < -0.3 is 0 Å². The van der Waals surface area contributed by atoms with Crippen LogP contribution in [0.1, 0.15) is 18.4 Å². The minimum absolute atomic E-state index is 0.277. The molecule has 0 saturated heterocycles. The van der Waals surface area contributed by atoms with Crippen molar-refractivity contribution in [3.8, 4) is 0 Å². The van der Waals surface area contributed by atoms with Gasteiger partial charge in [-0.1, -0.05) is 43.0 Å². The Balaban J connectivity index is 2.22. The van der Waals surface area contributed by atoms with Crippen LogP contribution in [0.2, 0.25) is 0 Å². The van der Waals surface area contributed by atoms with Crippen molar-refractivity contribution in [2.24, 2.45) is 0 Å². The summed E-state index contributed by atoms with van der Waals surface area (Å²) in [5.74, 6) is 0. The van der Waals surface area contributed by atoms with Gasteiger partial charge in [-0.3, -0.25) is 4.90 Å². The molecule has 1 aromatic rings. The van der Waals surface area contributed by atoms with Crippen molar-refractivity contribution < 1.29 is 0 Å². The Morgan fingerprint density at radius 1 is 1.21 bits per heavy atom. The van der Waals surface area contributed by atoms with E-state index in [2.05, 4.69) is 35.2 Å². The number of rotatable bonds is 5. The normalized spacial score (nSPS) is 13.1. The third-order valence-electron chi connectivity index (χ3n) is 2.34. The van der Waals surface area contributed by atoms with Crippen molar-refractivity contribution in [3.63, 3.8) is 0 Å². The predicted molar refractivity (Wildman–Crippen MR) is 64.4 cm³/mol. The standard InChI is InChI=1S/C12H18NS/c1-13(2)12(14)10-6-9-11-7-4-3-5-8-11/h3-5,7-8,12H,6,9-10H2,1-2H3. The summed E-state index contributed by atoms with van der Waals surface area (Å²) in [6.45, 7) is 0. The smallest absolute Gasteiger partial charge is 0.0657 e. The molecule has 77 valence electrons. The fourth-order valence-electron chi connectivity index (χ4n) is 1.38. The first-order chi connectivity index (χ1) is 6.70. The molecule has 14 heavy (non-hydrogen) atoms. The Morgan fingerprint density at radius 3 is 2.43 bits per heavy atom. The first-order valence-electron chi connectivity index (χ1n) is 5.06. The summed E-state index contributed by atoms with van der Waals surface area (Å²) in [5.41, 5.74) is 1.41. The number of benzene rings is 1. The Kier molecular flexibility index (Phi) is 5.05. The molecule has 0 aromatic heterocycles. The van der Waals surface area contributed by atoms with Gasteiger partial charge in [0.2, 0.25) is 0 Å². The van der Waals surface area contributed by atoms with Crippen LogP contribution in [0.3, 0.4) is 0 Å². The van der Waals surface area contributed by atoms with Crippen LogP contribution in [-0.2, 0) is 6.42 Å². The summed E-state index contributed by atoms with van der Waals surface area (Å²) in [7, 11) is 4.08. The molecule has 1 atom stereocenters. The zero-order chi connectivity index (χ0) is 10.4. The monoisotopic (exact) mass is 208 g/mol. The van der Waals surface area contributed by atoms with Crippen LogP contribution in [0.25, 0.3) is 0 Å². The van der Waals surface area contributed by atoms with Crippen LogP contribution in [0.5, 0.6) is 0 Å². The average Bonchev–Trinajstić information content (AvgIpc) is 2.19. The largest absolute Gasteiger partial charge is 0.297 e. The third-order valence-corrected chi connectivity index (χ3v) is 2.99. The molecule has 0 aliphatic carbocycles. The molecule has 0 heterocycles. The van der Waals surface area contributed by atoms with Gasteiger partial charge in [0, 0.05) is 0 Å². The van der Waals surface area contributed by atoms with Gasteiger partial charge >= 0.3 is 0 Å². The molecule has 0 amide bonds. The van der Waals surface area contributed by atoms with Crippen LogP contribution in [0.15, 0.2) is 30.3 Å². The van der Waals surface area contributed by atoms with E-state index >= 15 is 0 Å². The van der Waals surface area contributed by atoms with Crippen LogP contribution < -0.4 is 0 Å². The highest BCUT2D eigenvalue weighted by atomic mass is 32.1. The minimum Gasteiger partial charge on any atom is -0.297 e. The van der Waals surface area contributed by atoms with Gasteiger partial charge in [0.1, 0.15) is 0 Å². The molecule has 1 aromatic carbocycles. The SMILES string of the molecule is CN(C)C([S])CCCc1ccccc1. The summed E-state index contributed by atoms with van der Waals surface area (Å²) < 4.78 is 0. The molecule has 1 unspecified atom stereocenters. The van der Waals surface area contributed by atoms with Crippen molar-refractivity contribution in [3.05, 3.63) is 35.9 Å². The maximum atomic E-state index is 5.30. The average molecular weight is 208 g/mol. The van der Waals surface area contributed by atoms with Gasteiger partial charge in [0.05, 0.1) is 5.37 Å². The lowest BCUT2D eigenvalue weighted by Gasteiger charge is -2.17. The van der Waals surface area contributed by atoms with E-state index in [4.69, 9.17) is 12.6 Å². The molecule has 0 saturated carbocycles. The second-order valence-corrected chi connectivity index (χ2v) is 4.34. The van der Waals surface area contributed by atoms with Gasteiger partial charge in [-0.2, -0.15) is 0 Å². The van der Waals surface area contributed by atoms with Crippen LogP contribution in [-0.4, -0.2) is 24.4 Å². The lowest BCUT2D eigenvalue weighted by atomic mass is 10.1. The Bertz CT molecular complexity index is 246. The fraction of sp³-hybridized carbons (Fsp3) is 0.500. The third kappa shape index (κ3) is 4.16. The van der Waals surface area contributed by atoms with E-state index in [1.165, 1.54) is 12.0 Å². The molecule has 2 heteroatoms. The maximum Gasteiger partial charge on any atom is 0.0657 e. The fourth-order valence-corrected chi connectivity index (χ4v) is 1.55. The summed E-state index contributed by atoms with van der Waals surface area (Å²) in [6, 6.07) is 10.6. The van der Waals surface area contributed by atoms with E-state index < -0.39 is 0 Å². The second-order valence-electron chi connectivity index (χ2n) is 3.80. The van der Waals surface area contributed by atoms with Crippen molar-refractivity contribution in [2.45, 2.75) is 24.6 Å². The van der Waals surface area contributed by atoms with E-state index in [0.29, 0.717) is 0 Å². The number of nitrogens with zero attached hydrogens (tertiary/aromatic N) is 1. The van der Waals surface area contributed by atoms with Gasteiger partial charge in [0.15, 0.2) is 0 Å². The highest BCUT2D eigenvalue weighted by molar-refractivity contribution is 7.80. The van der Waals surface area contributed by atoms with Gasteiger partial charge in [-0.25, -0.2) is 0 Å². The van der Waals surface area contributed by atoms with Crippen molar-refractivity contribution in [1.29, 1.82) is 0 Å². The summed E-state index contributed by atoms with van der Waals surface area (Å²) in [5, 5.41) is 0.277. The molecule has 1 nitrogen and oxygen atoms in total. The molecule has 0 N–H and O–H groups in total. The van der Waals surface area contributed by atoms with Crippen LogP contribution in [0.4, 0.5) is 0 Å². The Labute approximate surface area is 92.5 Å². The topological polar surface area (TPSA) is 3.24 Å². The van der Waals surface area contributed by atoms with Crippen LogP contribution >= 0.6 is 12.6 Å². The molecule has 0 bridgehead atoms. The summed E-state index contributed by atoms with van der Waals surface area (Å²) in [6.07, 6.45) is 3.41. The minimum atomic E-state index is 0.277. The van der Waals surface area contributed by atoms with Gasteiger partial charge in [0.25, 0.3) is 0 Å². The van der Waals surface area contributed by atoms with Crippen molar-refractivity contribution in [2.75, 3.05) is 14.1 Å². The Hall–Kier alpha value is -0.470. The maximum absolute atomic E-state index is 5.30. The van der Waals surface area contributed by atoms with Gasteiger partial charge in [-0.15, -0.1) is 0 Å². The summed E-state index contributed by atoms with van der Waals surface area (Å²) in [4.78, 5) is 2.10. The quantitative estimate of drug-likeness (QED) is 0.718. The molecule has 1 radical (unpaired) electrons. The zero-order valence-electron chi connectivity index (χ0n) is 8.94. The molecular formula is C12H18NS. The zero-order valence-corrected chi connectivity index (χ0v) is 9.76. The molecule has 0 aliphatic rings. The van der Waals surface area contributed by atoms with Gasteiger partial charge in [-0.05, 0) is 38.9 Å². The number of hydrogen-bond acceptors (Lipinski definition) is 1. The highest BCUT2D eigenvalue weighted by Crippen LogP contribution is 2.11. The highest BCUT2D eigenvalue weighted by Gasteiger charge is 2.05. The number of aryl methyl sites for hydroxylation is 1. The molecule has 0 spiro atoms. The second kappa shape index (κ2) is 6.10. The van der Waals surface area contributed by atoms with E-state index in [9.17, 15) is 0 Å². The predicted octanol–water partition coefficient (Wildman–Crippen LogP) is 3.09. The first kappa shape index (κ1) is 11.6. The molecule has 0 fully saturated rings. The van der Waals surface area contributed by atoms with E-state index in [-0.39, 0.29) is 5.37 Å². The molecule has 1 rings (SSSR count). The first-order valence-corrected chi connectivity index (χ1v) is 5.53. The van der Waals surface area contributed by atoms with Crippen molar-refractivity contribution >= 4 is 12.6 Å². The molecule has 0 aliphatic heterocycles. The lowest BCUT2D eigenvalue weighted by Crippen LogP contribution is -2.22. The Morgan fingerprint density at radius 2 is 1.86 bits per heavy atom. The van der Waals surface area contributed by atoms with Crippen LogP contribution in [0, 0.1) is 0 Å². The van der Waals surface area contributed by atoms with E-state index in [1.54, 1.807) is 0 Å². The van der Waals surface area contributed by atoms with Crippen molar-refractivity contribution in [1.82, 2.24) is 4.90 Å².